The maximum atomic E-state index is 11.5. The Labute approximate surface area is 87.9 Å². The van der Waals surface area contributed by atoms with Crippen molar-refractivity contribution in [2.45, 2.75) is 25.7 Å². The highest BCUT2D eigenvalue weighted by molar-refractivity contribution is 7.62. The fourth-order valence-electron chi connectivity index (χ4n) is 1.50. The van der Waals surface area contributed by atoms with E-state index in [4.69, 9.17) is 9.79 Å². The van der Waals surface area contributed by atoms with Crippen LogP contribution in [0.15, 0.2) is 0 Å². The van der Waals surface area contributed by atoms with Gasteiger partial charge in [-0.1, -0.05) is 12.8 Å². The molecule has 1 aliphatic rings. The van der Waals surface area contributed by atoms with Gasteiger partial charge in [0.25, 0.3) is 0 Å². The Bertz CT molecular complexity index is 294. The maximum Gasteiger partial charge on any atom is 0.477 e. The molecule has 3 N–H and O–H groups in total. The quantitative estimate of drug-likeness (QED) is 0.650. The van der Waals surface area contributed by atoms with Gasteiger partial charge in [0.1, 0.15) is 0 Å². The SMILES string of the molecule is O=P(O)(O)OP(=O)(O)N1CCCCCC1. The first-order valence-electron chi connectivity index (χ1n) is 4.66. The van der Waals surface area contributed by atoms with Crippen LogP contribution >= 0.6 is 15.6 Å². The van der Waals surface area contributed by atoms with E-state index in [0.717, 1.165) is 30.4 Å². The smallest absolute Gasteiger partial charge is 0.312 e. The molecule has 0 aromatic heterocycles. The molecule has 0 bridgehead atoms. The summed E-state index contributed by atoms with van der Waals surface area (Å²) < 4.78 is 27.0. The van der Waals surface area contributed by atoms with Gasteiger partial charge in [0.15, 0.2) is 0 Å². The second kappa shape index (κ2) is 5.06. The lowest BCUT2D eigenvalue weighted by Crippen LogP contribution is -2.22. The minimum absolute atomic E-state index is 0.327. The van der Waals surface area contributed by atoms with Crippen LogP contribution in [0.5, 0.6) is 0 Å². The summed E-state index contributed by atoms with van der Waals surface area (Å²) in [5, 5.41) is 0. The Morgan fingerprint density at radius 3 is 1.80 bits per heavy atom. The normalized spacial score (nSPS) is 24.5. The molecule has 15 heavy (non-hydrogen) atoms. The maximum absolute atomic E-state index is 11.5. The second-order valence-electron chi connectivity index (χ2n) is 3.43. The molecule has 1 unspecified atom stereocenters. The second-order valence-corrected chi connectivity index (χ2v) is 6.61. The van der Waals surface area contributed by atoms with E-state index in [0.29, 0.717) is 13.1 Å². The first kappa shape index (κ1) is 13.3. The van der Waals surface area contributed by atoms with Gasteiger partial charge < -0.3 is 14.7 Å². The van der Waals surface area contributed by atoms with E-state index in [1.54, 1.807) is 0 Å². The highest BCUT2D eigenvalue weighted by atomic mass is 31.3. The van der Waals surface area contributed by atoms with Crippen LogP contribution in [0, 0.1) is 0 Å². The minimum atomic E-state index is -4.92. The first-order valence-corrected chi connectivity index (χ1v) is 7.72. The Morgan fingerprint density at radius 1 is 0.933 bits per heavy atom. The van der Waals surface area contributed by atoms with Crippen molar-refractivity contribution in [1.82, 2.24) is 4.67 Å². The summed E-state index contributed by atoms with van der Waals surface area (Å²) in [7, 11) is -9.27. The summed E-state index contributed by atoms with van der Waals surface area (Å²) in [6.45, 7) is 0.654. The number of rotatable bonds is 3. The predicted octanol–water partition coefficient (Wildman–Crippen LogP) is 1.07. The fourth-order valence-corrected chi connectivity index (χ4v) is 3.81. The lowest BCUT2D eigenvalue weighted by Gasteiger charge is -2.24. The monoisotopic (exact) mass is 259 g/mol. The predicted molar refractivity (Wildman–Crippen MR) is 53.0 cm³/mol. The number of hydrogen-bond donors (Lipinski definition) is 3. The molecule has 7 nitrogen and oxygen atoms in total. The van der Waals surface area contributed by atoms with E-state index in [9.17, 15) is 14.0 Å². The Balaban J connectivity index is 2.66. The van der Waals surface area contributed by atoms with E-state index >= 15 is 0 Å². The third-order valence-electron chi connectivity index (χ3n) is 2.15. The van der Waals surface area contributed by atoms with Crippen LogP contribution in [0.3, 0.4) is 0 Å². The van der Waals surface area contributed by atoms with Crippen molar-refractivity contribution in [3.63, 3.8) is 0 Å². The van der Waals surface area contributed by atoms with E-state index in [2.05, 4.69) is 4.31 Å². The van der Waals surface area contributed by atoms with Crippen molar-refractivity contribution >= 4 is 15.6 Å². The molecule has 0 radical (unpaired) electrons. The third kappa shape index (κ3) is 4.74. The molecule has 0 amide bonds. The number of phosphoric acid groups is 1. The summed E-state index contributed by atoms with van der Waals surface area (Å²) in [6.07, 6.45) is 3.36. The highest BCUT2D eigenvalue weighted by Gasteiger charge is 2.36. The molecule has 0 aromatic carbocycles. The number of hydrogen-bond acceptors (Lipinski definition) is 3. The Morgan fingerprint density at radius 2 is 1.40 bits per heavy atom. The average Bonchev–Trinajstić information content (AvgIpc) is 2.25. The molecule has 0 saturated carbocycles. The van der Waals surface area contributed by atoms with Crippen LogP contribution in [-0.2, 0) is 13.4 Å². The van der Waals surface area contributed by atoms with Gasteiger partial charge >= 0.3 is 15.6 Å². The molecule has 0 aliphatic carbocycles. The van der Waals surface area contributed by atoms with Crippen molar-refractivity contribution in [2.75, 3.05) is 13.1 Å². The summed E-state index contributed by atoms with van der Waals surface area (Å²) in [6, 6.07) is 0. The Kier molecular flexibility index (Phi) is 4.50. The van der Waals surface area contributed by atoms with Crippen molar-refractivity contribution in [3.05, 3.63) is 0 Å². The highest BCUT2D eigenvalue weighted by Crippen LogP contribution is 2.59. The molecule has 0 spiro atoms. The molecule has 1 saturated heterocycles. The summed E-state index contributed by atoms with van der Waals surface area (Å²) in [5.41, 5.74) is 0. The zero-order chi connectivity index (χ0) is 11.5. The zero-order valence-electron chi connectivity index (χ0n) is 8.15. The van der Waals surface area contributed by atoms with Gasteiger partial charge in [0, 0.05) is 13.1 Å². The molecular weight excluding hydrogens is 244 g/mol. The molecule has 9 heteroatoms. The van der Waals surface area contributed by atoms with Crippen LogP contribution in [-0.4, -0.2) is 32.4 Å². The molecule has 0 aromatic rings. The van der Waals surface area contributed by atoms with Gasteiger partial charge in [-0.25, -0.2) is 13.8 Å². The molecule has 1 rings (SSSR count). The molecule has 1 heterocycles. The van der Waals surface area contributed by atoms with E-state index in [1.165, 1.54) is 0 Å². The summed E-state index contributed by atoms with van der Waals surface area (Å²) >= 11 is 0. The van der Waals surface area contributed by atoms with Crippen molar-refractivity contribution < 1.29 is 28.1 Å². The average molecular weight is 259 g/mol. The van der Waals surface area contributed by atoms with Crippen LogP contribution < -0.4 is 0 Å². The number of nitrogens with zero attached hydrogens (tertiary/aromatic N) is 1. The van der Waals surface area contributed by atoms with Crippen LogP contribution in [0.2, 0.25) is 0 Å². The molecular formula is C6H15NO6P2. The summed E-state index contributed by atoms with van der Waals surface area (Å²) in [5.74, 6) is 0. The van der Waals surface area contributed by atoms with Gasteiger partial charge in [-0.3, -0.25) is 0 Å². The topological polar surface area (TPSA) is 107 Å². The van der Waals surface area contributed by atoms with Gasteiger partial charge in [-0.05, 0) is 12.8 Å². The van der Waals surface area contributed by atoms with Crippen LogP contribution in [0.1, 0.15) is 25.7 Å². The lowest BCUT2D eigenvalue weighted by molar-refractivity contribution is 0.227. The lowest BCUT2D eigenvalue weighted by atomic mass is 10.2. The van der Waals surface area contributed by atoms with Crippen molar-refractivity contribution in [2.24, 2.45) is 0 Å². The van der Waals surface area contributed by atoms with Crippen molar-refractivity contribution in [3.8, 4) is 0 Å². The van der Waals surface area contributed by atoms with Gasteiger partial charge in [0.05, 0.1) is 0 Å². The molecule has 1 aliphatic heterocycles. The largest absolute Gasteiger partial charge is 0.477 e. The molecule has 1 atom stereocenters. The van der Waals surface area contributed by atoms with Crippen LogP contribution in [0.25, 0.3) is 0 Å². The standard InChI is InChI=1S/C6H15NO6P2/c8-14(9,13-15(10,11)12)7-5-3-1-2-4-6-7/h1-6H2,(H,8,9)(H2,10,11,12). The van der Waals surface area contributed by atoms with Crippen molar-refractivity contribution in [1.29, 1.82) is 0 Å². The zero-order valence-corrected chi connectivity index (χ0v) is 9.94. The van der Waals surface area contributed by atoms with E-state index in [-0.39, 0.29) is 0 Å². The molecule has 1 fully saturated rings. The molecule has 90 valence electrons. The van der Waals surface area contributed by atoms with Gasteiger partial charge in [0.2, 0.25) is 0 Å². The van der Waals surface area contributed by atoms with E-state index in [1.807, 2.05) is 0 Å². The Hall–Kier alpha value is 0.260. The summed E-state index contributed by atoms with van der Waals surface area (Å²) in [4.78, 5) is 26.3. The third-order valence-corrected chi connectivity index (χ3v) is 4.97. The minimum Gasteiger partial charge on any atom is -0.312 e. The first-order chi connectivity index (χ1) is 6.81. The fraction of sp³-hybridized carbons (Fsp3) is 1.00. The van der Waals surface area contributed by atoms with Crippen LogP contribution in [0.4, 0.5) is 0 Å². The van der Waals surface area contributed by atoms with Gasteiger partial charge in [-0.15, -0.1) is 0 Å². The van der Waals surface area contributed by atoms with E-state index < -0.39 is 15.6 Å². The van der Waals surface area contributed by atoms with Gasteiger partial charge in [-0.2, -0.15) is 4.31 Å².